The second-order valence-electron chi connectivity index (χ2n) is 6.13. The van der Waals surface area contributed by atoms with Gasteiger partial charge in [-0.05, 0) is 42.0 Å². The number of rotatable bonds is 5. The largest absolute Gasteiger partial charge is 0.497 e. The van der Waals surface area contributed by atoms with Crippen LogP contribution in [0.3, 0.4) is 0 Å². The van der Waals surface area contributed by atoms with Crippen LogP contribution in [0.2, 0.25) is 0 Å². The Morgan fingerprint density at radius 1 is 1.19 bits per heavy atom. The summed E-state index contributed by atoms with van der Waals surface area (Å²) in [6.07, 6.45) is 3.52. The van der Waals surface area contributed by atoms with Crippen LogP contribution in [-0.4, -0.2) is 41.4 Å². The number of hydrogen-bond donors (Lipinski definition) is 1. The van der Waals surface area contributed by atoms with E-state index in [0.29, 0.717) is 36.1 Å². The van der Waals surface area contributed by atoms with Gasteiger partial charge in [-0.2, -0.15) is 0 Å². The minimum absolute atomic E-state index is 0.0864. The number of benzene rings is 1. The molecule has 2 aromatic heterocycles. The van der Waals surface area contributed by atoms with Gasteiger partial charge >= 0.3 is 5.97 Å². The van der Waals surface area contributed by atoms with E-state index in [2.05, 4.69) is 10.1 Å². The molecule has 7 nitrogen and oxygen atoms in total. The van der Waals surface area contributed by atoms with Crippen LogP contribution in [0.1, 0.15) is 21.8 Å². The van der Waals surface area contributed by atoms with E-state index in [4.69, 9.17) is 9.26 Å². The number of carboxylic acids is 1. The SMILES string of the molecule is COc1ccc(-c2onc(N3CC(c4ccncc4)C3)c2C(=O)O)cc1. The Kier molecular flexibility index (Phi) is 4.04. The number of methoxy groups -OCH3 is 1. The molecule has 0 unspecified atom stereocenters. The summed E-state index contributed by atoms with van der Waals surface area (Å²) in [5.41, 5.74) is 1.92. The highest BCUT2D eigenvalue weighted by molar-refractivity contribution is 5.99. The van der Waals surface area contributed by atoms with Gasteiger partial charge in [-0.25, -0.2) is 4.79 Å². The second kappa shape index (κ2) is 6.51. The number of carboxylic acid groups (broad SMARTS) is 1. The first-order chi connectivity index (χ1) is 12.7. The van der Waals surface area contributed by atoms with E-state index in [1.165, 1.54) is 5.56 Å². The molecule has 0 saturated carbocycles. The molecule has 3 heterocycles. The molecule has 1 saturated heterocycles. The molecule has 4 rings (SSSR count). The second-order valence-corrected chi connectivity index (χ2v) is 6.13. The van der Waals surface area contributed by atoms with Crippen LogP contribution in [0.15, 0.2) is 53.3 Å². The molecule has 1 fully saturated rings. The van der Waals surface area contributed by atoms with Gasteiger partial charge in [0.15, 0.2) is 17.1 Å². The van der Waals surface area contributed by atoms with Crippen molar-refractivity contribution in [3.8, 4) is 17.1 Å². The van der Waals surface area contributed by atoms with Crippen molar-refractivity contribution in [3.05, 3.63) is 59.9 Å². The monoisotopic (exact) mass is 351 g/mol. The lowest BCUT2D eigenvalue weighted by Crippen LogP contribution is -2.45. The Morgan fingerprint density at radius 3 is 2.50 bits per heavy atom. The van der Waals surface area contributed by atoms with Gasteiger partial charge in [-0.3, -0.25) is 4.98 Å². The van der Waals surface area contributed by atoms with E-state index in [-0.39, 0.29) is 11.3 Å². The number of hydrogen-bond acceptors (Lipinski definition) is 6. The summed E-state index contributed by atoms with van der Waals surface area (Å²) in [4.78, 5) is 17.8. The van der Waals surface area contributed by atoms with Crippen molar-refractivity contribution in [3.63, 3.8) is 0 Å². The standard InChI is InChI=1S/C19H17N3O4/c1-25-15-4-2-13(3-5-15)17-16(19(23)24)18(21-26-17)22-10-14(11-22)12-6-8-20-9-7-12/h2-9,14H,10-11H2,1H3,(H,23,24). The number of carbonyl (C=O) groups is 1. The van der Waals surface area contributed by atoms with Crippen molar-refractivity contribution in [2.75, 3.05) is 25.1 Å². The van der Waals surface area contributed by atoms with Gasteiger partial charge in [0.1, 0.15) is 5.75 Å². The van der Waals surface area contributed by atoms with E-state index in [1.807, 2.05) is 17.0 Å². The highest BCUT2D eigenvalue weighted by Gasteiger charge is 2.35. The van der Waals surface area contributed by atoms with Crippen LogP contribution in [0.4, 0.5) is 5.82 Å². The third-order valence-corrected chi connectivity index (χ3v) is 4.60. The highest BCUT2D eigenvalue weighted by Crippen LogP contribution is 2.37. The van der Waals surface area contributed by atoms with Crippen molar-refractivity contribution >= 4 is 11.8 Å². The van der Waals surface area contributed by atoms with Crippen LogP contribution in [0, 0.1) is 0 Å². The fourth-order valence-electron chi connectivity index (χ4n) is 3.13. The van der Waals surface area contributed by atoms with E-state index >= 15 is 0 Å². The van der Waals surface area contributed by atoms with E-state index in [9.17, 15) is 9.90 Å². The van der Waals surface area contributed by atoms with Crippen LogP contribution in [0.25, 0.3) is 11.3 Å². The Morgan fingerprint density at radius 2 is 1.88 bits per heavy atom. The normalized spacial score (nSPS) is 14.1. The predicted octanol–water partition coefficient (Wildman–Crippen LogP) is 3.05. The summed E-state index contributed by atoms with van der Waals surface area (Å²) >= 11 is 0. The van der Waals surface area contributed by atoms with Gasteiger partial charge in [-0.15, -0.1) is 0 Å². The molecule has 1 aromatic carbocycles. The minimum Gasteiger partial charge on any atom is -0.497 e. The first-order valence-corrected chi connectivity index (χ1v) is 8.19. The molecule has 1 aliphatic rings. The average Bonchev–Trinajstić information content (AvgIpc) is 3.06. The molecule has 0 radical (unpaired) electrons. The zero-order valence-electron chi connectivity index (χ0n) is 14.1. The number of anilines is 1. The van der Waals surface area contributed by atoms with Crippen LogP contribution >= 0.6 is 0 Å². The zero-order valence-corrected chi connectivity index (χ0v) is 14.1. The van der Waals surface area contributed by atoms with Gasteiger partial charge in [0.05, 0.1) is 7.11 Å². The lowest BCUT2D eigenvalue weighted by Gasteiger charge is -2.39. The first-order valence-electron chi connectivity index (χ1n) is 8.19. The maximum atomic E-state index is 11.8. The summed E-state index contributed by atoms with van der Waals surface area (Å²) in [5, 5.41) is 13.7. The van der Waals surface area contributed by atoms with E-state index in [1.54, 1.807) is 43.8 Å². The summed E-state index contributed by atoms with van der Waals surface area (Å²) in [6, 6.07) is 11.0. The molecule has 1 N–H and O–H groups in total. The Balaban J connectivity index is 1.60. The van der Waals surface area contributed by atoms with Crippen molar-refractivity contribution in [2.24, 2.45) is 0 Å². The maximum absolute atomic E-state index is 11.8. The summed E-state index contributed by atoms with van der Waals surface area (Å²) < 4.78 is 10.5. The fourth-order valence-corrected chi connectivity index (χ4v) is 3.13. The van der Waals surface area contributed by atoms with Gasteiger partial charge in [-0.1, -0.05) is 5.16 Å². The van der Waals surface area contributed by atoms with Crippen molar-refractivity contribution in [1.82, 2.24) is 10.1 Å². The van der Waals surface area contributed by atoms with Gasteiger partial charge in [0.25, 0.3) is 0 Å². The zero-order chi connectivity index (χ0) is 18.1. The molecule has 7 heteroatoms. The van der Waals surface area contributed by atoms with Gasteiger partial charge in [0, 0.05) is 37.0 Å². The van der Waals surface area contributed by atoms with Crippen molar-refractivity contribution in [1.29, 1.82) is 0 Å². The van der Waals surface area contributed by atoms with Crippen LogP contribution in [0.5, 0.6) is 5.75 Å². The quantitative estimate of drug-likeness (QED) is 0.756. The molecular formula is C19H17N3O4. The number of aromatic nitrogens is 2. The maximum Gasteiger partial charge on any atom is 0.343 e. The minimum atomic E-state index is -1.06. The van der Waals surface area contributed by atoms with Gasteiger partial charge in [0.2, 0.25) is 0 Å². The molecule has 0 bridgehead atoms. The topological polar surface area (TPSA) is 88.7 Å². The van der Waals surface area contributed by atoms with Crippen LogP contribution < -0.4 is 9.64 Å². The van der Waals surface area contributed by atoms with Crippen LogP contribution in [-0.2, 0) is 0 Å². The average molecular weight is 351 g/mol. The summed E-state index contributed by atoms with van der Waals surface area (Å²) in [6.45, 7) is 1.39. The smallest absolute Gasteiger partial charge is 0.343 e. The molecule has 26 heavy (non-hydrogen) atoms. The van der Waals surface area contributed by atoms with E-state index < -0.39 is 5.97 Å². The Labute approximate surface area is 149 Å². The first kappa shape index (κ1) is 16.1. The molecule has 0 amide bonds. The third kappa shape index (κ3) is 2.77. The Hall–Kier alpha value is -3.35. The number of aromatic carboxylic acids is 1. The third-order valence-electron chi connectivity index (χ3n) is 4.60. The molecule has 0 spiro atoms. The van der Waals surface area contributed by atoms with Crippen molar-refractivity contribution < 1.29 is 19.2 Å². The lowest BCUT2D eigenvalue weighted by molar-refractivity contribution is 0.0697. The predicted molar refractivity (Wildman–Crippen MR) is 94.6 cm³/mol. The summed E-state index contributed by atoms with van der Waals surface area (Å²) in [7, 11) is 1.58. The van der Waals surface area contributed by atoms with Crippen molar-refractivity contribution in [2.45, 2.75) is 5.92 Å². The number of ether oxygens (including phenoxy) is 1. The van der Waals surface area contributed by atoms with E-state index in [0.717, 1.165) is 0 Å². The molecular weight excluding hydrogens is 334 g/mol. The number of nitrogens with zero attached hydrogens (tertiary/aromatic N) is 3. The molecule has 0 atom stereocenters. The number of pyridine rings is 1. The Bertz CT molecular complexity index is 916. The molecule has 1 aliphatic heterocycles. The molecule has 132 valence electrons. The van der Waals surface area contributed by atoms with Gasteiger partial charge < -0.3 is 19.3 Å². The summed E-state index contributed by atoms with van der Waals surface area (Å²) in [5.74, 6) is 0.588. The molecule has 0 aliphatic carbocycles. The highest BCUT2D eigenvalue weighted by atomic mass is 16.5. The molecule has 3 aromatic rings. The fraction of sp³-hybridized carbons (Fsp3) is 0.211. The lowest BCUT2D eigenvalue weighted by atomic mass is 9.92.